The van der Waals surface area contributed by atoms with E-state index >= 15 is 0 Å². The summed E-state index contributed by atoms with van der Waals surface area (Å²) in [6.07, 6.45) is -0.806. The highest BCUT2D eigenvalue weighted by atomic mass is 35.5. The average Bonchev–Trinajstić information content (AvgIpc) is 2.79. The summed E-state index contributed by atoms with van der Waals surface area (Å²) in [5.74, 6) is -2.14. The molecule has 0 saturated heterocycles. The molecule has 0 saturated carbocycles. The number of thiophene rings is 1. The van der Waals surface area contributed by atoms with Crippen LogP contribution in [0.25, 0.3) is 0 Å². The van der Waals surface area contributed by atoms with E-state index in [2.05, 4.69) is 0 Å². The van der Waals surface area contributed by atoms with Crippen molar-refractivity contribution in [2.45, 2.75) is 13.0 Å². The van der Waals surface area contributed by atoms with Gasteiger partial charge in [-0.25, -0.2) is 8.78 Å². The van der Waals surface area contributed by atoms with Crippen LogP contribution in [0.3, 0.4) is 0 Å². The van der Waals surface area contributed by atoms with Gasteiger partial charge in [0.2, 0.25) is 5.78 Å². The molecule has 1 aromatic carbocycles. The van der Waals surface area contributed by atoms with Gasteiger partial charge in [0.05, 0.1) is 9.21 Å². The third-order valence-electron chi connectivity index (χ3n) is 2.39. The SMILES string of the molecule is CC(Oc1ccc(F)c(F)c1)C(=O)c1ccc(Cl)s1. The lowest BCUT2D eigenvalue weighted by Crippen LogP contribution is -2.23. The molecule has 0 aliphatic carbocycles. The highest BCUT2D eigenvalue weighted by Crippen LogP contribution is 2.24. The maximum absolute atomic E-state index is 13.0. The van der Waals surface area contributed by atoms with Crippen molar-refractivity contribution in [1.29, 1.82) is 0 Å². The lowest BCUT2D eigenvalue weighted by Gasteiger charge is -2.12. The second-order valence-corrected chi connectivity index (χ2v) is 5.52. The Kier molecular flexibility index (Phi) is 4.17. The first-order valence-corrected chi connectivity index (χ1v) is 6.58. The molecule has 1 aromatic heterocycles. The minimum atomic E-state index is -1.02. The molecule has 0 amide bonds. The molecule has 0 fully saturated rings. The van der Waals surface area contributed by atoms with E-state index in [1.165, 1.54) is 13.0 Å². The van der Waals surface area contributed by atoms with Crippen molar-refractivity contribution in [3.63, 3.8) is 0 Å². The van der Waals surface area contributed by atoms with Crippen molar-refractivity contribution in [3.8, 4) is 5.75 Å². The number of rotatable bonds is 4. The van der Waals surface area contributed by atoms with Crippen molar-refractivity contribution in [2.75, 3.05) is 0 Å². The minimum Gasteiger partial charge on any atom is -0.482 e. The molecule has 2 rings (SSSR count). The molecule has 19 heavy (non-hydrogen) atoms. The maximum Gasteiger partial charge on any atom is 0.212 e. The standard InChI is InChI=1S/C13H9ClF2O2S/c1-7(13(17)11-4-5-12(14)19-11)18-8-2-3-9(15)10(16)6-8/h2-7H,1H3. The van der Waals surface area contributed by atoms with Crippen molar-refractivity contribution in [3.05, 3.63) is 51.2 Å². The van der Waals surface area contributed by atoms with Crippen molar-refractivity contribution in [1.82, 2.24) is 0 Å². The molecular formula is C13H9ClF2O2S. The summed E-state index contributed by atoms with van der Waals surface area (Å²) in [4.78, 5) is 12.4. The number of ether oxygens (including phenoxy) is 1. The minimum absolute atomic E-state index is 0.0994. The number of carbonyl (C=O) groups is 1. The molecule has 1 atom stereocenters. The molecule has 0 aliphatic rings. The number of halogens is 3. The first-order chi connectivity index (χ1) is 8.97. The fraction of sp³-hybridized carbons (Fsp3) is 0.154. The van der Waals surface area contributed by atoms with Crippen molar-refractivity contribution in [2.24, 2.45) is 0 Å². The molecule has 2 nitrogen and oxygen atoms in total. The number of carbonyl (C=O) groups excluding carboxylic acids is 1. The van der Waals surface area contributed by atoms with Crippen LogP contribution >= 0.6 is 22.9 Å². The summed E-state index contributed by atoms with van der Waals surface area (Å²) in [6.45, 7) is 1.54. The normalized spacial score (nSPS) is 12.2. The van der Waals surface area contributed by atoms with Crippen LogP contribution in [0.5, 0.6) is 5.75 Å². The largest absolute Gasteiger partial charge is 0.482 e. The zero-order valence-corrected chi connectivity index (χ0v) is 11.4. The van der Waals surface area contributed by atoms with E-state index in [-0.39, 0.29) is 11.5 Å². The summed E-state index contributed by atoms with van der Waals surface area (Å²) in [5, 5.41) is 0. The lowest BCUT2D eigenvalue weighted by atomic mass is 10.2. The number of Topliss-reactive ketones (excluding diaryl/α,β-unsaturated/α-hetero) is 1. The first kappa shape index (κ1) is 14.0. The molecule has 0 N–H and O–H groups in total. The Bertz CT molecular complexity index is 612. The van der Waals surface area contributed by atoms with Gasteiger partial charge in [0, 0.05) is 6.07 Å². The number of hydrogen-bond acceptors (Lipinski definition) is 3. The van der Waals surface area contributed by atoms with Crippen LogP contribution in [0.15, 0.2) is 30.3 Å². The topological polar surface area (TPSA) is 26.3 Å². The van der Waals surface area contributed by atoms with Crippen LogP contribution in [0, 0.1) is 11.6 Å². The average molecular weight is 303 g/mol. The van der Waals surface area contributed by atoms with Gasteiger partial charge in [-0.3, -0.25) is 4.79 Å². The Labute approximate surface area is 117 Å². The van der Waals surface area contributed by atoms with E-state index in [4.69, 9.17) is 16.3 Å². The fourth-order valence-corrected chi connectivity index (χ4v) is 2.52. The van der Waals surface area contributed by atoms with Gasteiger partial charge in [0.15, 0.2) is 17.7 Å². The molecule has 1 unspecified atom stereocenters. The second-order valence-electron chi connectivity index (χ2n) is 3.80. The van der Waals surface area contributed by atoms with Crippen LogP contribution < -0.4 is 4.74 Å². The number of ketones is 1. The predicted octanol–water partition coefficient (Wildman–Crippen LogP) is 4.33. The van der Waals surface area contributed by atoms with Crippen molar-refractivity contribution < 1.29 is 18.3 Å². The molecule has 6 heteroatoms. The quantitative estimate of drug-likeness (QED) is 0.786. The van der Waals surface area contributed by atoms with Crippen LogP contribution in [0.1, 0.15) is 16.6 Å². The van der Waals surface area contributed by atoms with Gasteiger partial charge in [-0.1, -0.05) is 11.6 Å². The molecule has 0 radical (unpaired) electrons. The molecule has 0 spiro atoms. The zero-order chi connectivity index (χ0) is 14.0. The van der Waals surface area contributed by atoms with Gasteiger partial charge in [0.1, 0.15) is 5.75 Å². The number of benzene rings is 1. The monoisotopic (exact) mass is 302 g/mol. The van der Waals surface area contributed by atoms with Crippen LogP contribution in [-0.2, 0) is 0 Å². The smallest absolute Gasteiger partial charge is 0.212 e. The van der Waals surface area contributed by atoms with E-state index in [1.807, 2.05) is 0 Å². The van der Waals surface area contributed by atoms with E-state index in [0.29, 0.717) is 9.21 Å². The molecule has 1 heterocycles. The highest BCUT2D eigenvalue weighted by Gasteiger charge is 2.19. The summed E-state index contributed by atoms with van der Waals surface area (Å²) >= 11 is 6.88. The van der Waals surface area contributed by atoms with Gasteiger partial charge >= 0.3 is 0 Å². The van der Waals surface area contributed by atoms with Gasteiger partial charge in [-0.15, -0.1) is 11.3 Å². The lowest BCUT2D eigenvalue weighted by molar-refractivity contribution is 0.0822. The van der Waals surface area contributed by atoms with Crippen LogP contribution in [0.4, 0.5) is 8.78 Å². The summed E-state index contributed by atoms with van der Waals surface area (Å²) in [6, 6.07) is 6.33. The Morgan fingerprint density at radius 1 is 1.26 bits per heavy atom. The van der Waals surface area contributed by atoms with Crippen LogP contribution in [-0.4, -0.2) is 11.9 Å². The Morgan fingerprint density at radius 3 is 2.58 bits per heavy atom. The molecule has 0 bridgehead atoms. The van der Waals surface area contributed by atoms with Gasteiger partial charge in [-0.05, 0) is 31.2 Å². The Hall–Kier alpha value is -1.46. The Morgan fingerprint density at radius 2 is 2.00 bits per heavy atom. The van der Waals surface area contributed by atoms with Crippen LogP contribution in [0.2, 0.25) is 4.34 Å². The van der Waals surface area contributed by atoms with E-state index in [0.717, 1.165) is 23.5 Å². The van der Waals surface area contributed by atoms with E-state index in [1.54, 1.807) is 12.1 Å². The molecule has 0 aliphatic heterocycles. The van der Waals surface area contributed by atoms with Gasteiger partial charge in [-0.2, -0.15) is 0 Å². The molecular weight excluding hydrogens is 294 g/mol. The zero-order valence-electron chi connectivity index (χ0n) is 9.82. The maximum atomic E-state index is 13.0. The van der Waals surface area contributed by atoms with Gasteiger partial charge < -0.3 is 4.74 Å². The van der Waals surface area contributed by atoms with E-state index < -0.39 is 17.7 Å². The number of hydrogen-bond donors (Lipinski definition) is 0. The summed E-state index contributed by atoms with van der Waals surface area (Å²) in [5.41, 5.74) is 0. The molecule has 100 valence electrons. The molecule has 2 aromatic rings. The summed E-state index contributed by atoms with van der Waals surface area (Å²) < 4.78 is 31.5. The van der Waals surface area contributed by atoms with Gasteiger partial charge in [0.25, 0.3) is 0 Å². The summed E-state index contributed by atoms with van der Waals surface area (Å²) in [7, 11) is 0. The third-order valence-corrected chi connectivity index (χ3v) is 3.63. The fourth-order valence-electron chi connectivity index (χ4n) is 1.45. The van der Waals surface area contributed by atoms with Crippen molar-refractivity contribution >= 4 is 28.7 Å². The second kappa shape index (κ2) is 5.67. The Balaban J connectivity index is 2.10. The van der Waals surface area contributed by atoms with E-state index in [9.17, 15) is 13.6 Å². The first-order valence-electron chi connectivity index (χ1n) is 5.38. The third kappa shape index (κ3) is 3.30. The highest BCUT2D eigenvalue weighted by molar-refractivity contribution is 7.18. The predicted molar refractivity (Wildman–Crippen MR) is 70.1 cm³/mol.